The van der Waals surface area contributed by atoms with E-state index in [0.29, 0.717) is 12.8 Å². The number of morpholine rings is 1. The van der Waals surface area contributed by atoms with E-state index in [-0.39, 0.29) is 12.7 Å². The summed E-state index contributed by atoms with van der Waals surface area (Å²) < 4.78 is 16.2. The van der Waals surface area contributed by atoms with Gasteiger partial charge in [-0.15, -0.1) is 0 Å². The van der Waals surface area contributed by atoms with Crippen molar-refractivity contribution in [2.75, 3.05) is 49.4 Å². The van der Waals surface area contributed by atoms with Crippen molar-refractivity contribution in [2.24, 2.45) is 0 Å². The lowest BCUT2D eigenvalue weighted by molar-refractivity contribution is -0.118. The first-order valence-corrected chi connectivity index (χ1v) is 9.92. The lowest BCUT2D eigenvalue weighted by Crippen LogP contribution is -2.36. The normalized spacial score (nSPS) is 17.7. The Hall–Kier alpha value is -2.73. The van der Waals surface area contributed by atoms with Gasteiger partial charge in [-0.25, -0.2) is 0 Å². The van der Waals surface area contributed by atoms with Crippen LogP contribution in [0.25, 0.3) is 0 Å². The van der Waals surface area contributed by atoms with Crippen LogP contribution in [-0.2, 0) is 22.4 Å². The van der Waals surface area contributed by atoms with Crippen molar-refractivity contribution < 1.29 is 19.0 Å². The summed E-state index contributed by atoms with van der Waals surface area (Å²) >= 11 is 0. The number of carbonyl (C=O) groups excluding carboxylic acids is 1. The molecule has 2 aromatic carbocycles. The van der Waals surface area contributed by atoms with Crippen LogP contribution < -0.4 is 19.3 Å². The zero-order valence-corrected chi connectivity index (χ0v) is 15.9. The lowest BCUT2D eigenvalue weighted by Gasteiger charge is -2.29. The molecule has 1 amide bonds. The van der Waals surface area contributed by atoms with E-state index >= 15 is 0 Å². The number of anilines is 2. The maximum absolute atomic E-state index is 12.8. The highest BCUT2D eigenvalue weighted by molar-refractivity contribution is 5.96. The number of aryl methyl sites for hydroxylation is 1. The van der Waals surface area contributed by atoms with Crippen LogP contribution >= 0.6 is 0 Å². The fourth-order valence-electron chi connectivity index (χ4n) is 4.15. The number of ether oxygens (including phenoxy) is 3. The highest BCUT2D eigenvalue weighted by Crippen LogP contribution is 2.34. The van der Waals surface area contributed by atoms with E-state index in [1.165, 1.54) is 11.3 Å². The van der Waals surface area contributed by atoms with Crippen LogP contribution in [0.15, 0.2) is 36.4 Å². The molecule has 0 saturated carbocycles. The van der Waals surface area contributed by atoms with E-state index in [4.69, 9.17) is 14.2 Å². The molecule has 0 atom stereocenters. The molecule has 6 nitrogen and oxygen atoms in total. The summed E-state index contributed by atoms with van der Waals surface area (Å²) in [6.45, 7) is 4.45. The highest BCUT2D eigenvalue weighted by Gasteiger charge is 2.25. The monoisotopic (exact) mass is 380 g/mol. The maximum Gasteiger partial charge on any atom is 0.231 e. The predicted molar refractivity (Wildman–Crippen MR) is 106 cm³/mol. The van der Waals surface area contributed by atoms with Crippen molar-refractivity contribution in [2.45, 2.75) is 19.3 Å². The van der Waals surface area contributed by atoms with E-state index < -0.39 is 0 Å². The molecule has 0 unspecified atom stereocenters. The number of fused-ring (bicyclic) bond motifs is 2. The van der Waals surface area contributed by atoms with Gasteiger partial charge in [-0.05, 0) is 54.3 Å². The Labute approximate surface area is 164 Å². The molecule has 146 valence electrons. The number of benzene rings is 2. The molecule has 0 aliphatic carbocycles. The van der Waals surface area contributed by atoms with Crippen LogP contribution in [0.3, 0.4) is 0 Å². The number of carbonyl (C=O) groups is 1. The van der Waals surface area contributed by atoms with Gasteiger partial charge in [0.05, 0.1) is 13.2 Å². The van der Waals surface area contributed by atoms with Gasteiger partial charge in [0, 0.05) is 37.4 Å². The van der Waals surface area contributed by atoms with Crippen molar-refractivity contribution in [3.8, 4) is 11.5 Å². The highest BCUT2D eigenvalue weighted by atomic mass is 16.7. The molecule has 0 spiro atoms. The minimum atomic E-state index is 0.176. The van der Waals surface area contributed by atoms with Crippen molar-refractivity contribution in [1.82, 2.24) is 0 Å². The summed E-state index contributed by atoms with van der Waals surface area (Å²) in [6.07, 6.45) is 2.11. The lowest BCUT2D eigenvalue weighted by atomic mass is 10.1. The molecule has 3 heterocycles. The van der Waals surface area contributed by atoms with Crippen LogP contribution in [0.1, 0.15) is 17.5 Å². The fraction of sp³-hybridized carbons (Fsp3) is 0.409. The van der Waals surface area contributed by atoms with Crippen molar-refractivity contribution >= 4 is 17.3 Å². The van der Waals surface area contributed by atoms with E-state index in [1.807, 2.05) is 23.1 Å². The molecule has 2 aromatic rings. The molecule has 0 bridgehead atoms. The molecule has 6 heteroatoms. The van der Waals surface area contributed by atoms with E-state index in [0.717, 1.165) is 62.0 Å². The summed E-state index contributed by atoms with van der Waals surface area (Å²) in [4.78, 5) is 17.1. The zero-order valence-electron chi connectivity index (χ0n) is 15.9. The number of rotatable bonds is 4. The van der Waals surface area contributed by atoms with Crippen molar-refractivity contribution in [3.63, 3.8) is 0 Å². The number of hydrogen-bond donors (Lipinski definition) is 0. The Kier molecular flexibility index (Phi) is 4.56. The van der Waals surface area contributed by atoms with Gasteiger partial charge in [0.25, 0.3) is 0 Å². The van der Waals surface area contributed by atoms with E-state index in [9.17, 15) is 4.79 Å². The molecule has 3 aliphatic rings. The van der Waals surface area contributed by atoms with Crippen LogP contribution in [0.2, 0.25) is 0 Å². The van der Waals surface area contributed by atoms with Gasteiger partial charge in [0.2, 0.25) is 12.7 Å². The van der Waals surface area contributed by atoms with Crippen LogP contribution in [-0.4, -0.2) is 45.5 Å². The Morgan fingerprint density at radius 2 is 1.82 bits per heavy atom. The summed E-state index contributed by atoms with van der Waals surface area (Å²) in [5, 5.41) is 0. The average Bonchev–Trinajstić information content (AvgIpc) is 3.38. The topological polar surface area (TPSA) is 51.2 Å². The van der Waals surface area contributed by atoms with Gasteiger partial charge in [-0.3, -0.25) is 4.79 Å². The van der Waals surface area contributed by atoms with Crippen molar-refractivity contribution in [3.05, 3.63) is 47.5 Å². The second-order valence-corrected chi connectivity index (χ2v) is 7.40. The maximum atomic E-state index is 12.8. The second-order valence-electron chi connectivity index (χ2n) is 7.40. The molecule has 0 radical (unpaired) electrons. The van der Waals surface area contributed by atoms with Crippen LogP contribution in [0, 0.1) is 0 Å². The molecular weight excluding hydrogens is 356 g/mol. The molecule has 0 aromatic heterocycles. The molecule has 28 heavy (non-hydrogen) atoms. The summed E-state index contributed by atoms with van der Waals surface area (Å²) in [7, 11) is 0. The Morgan fingerprint density at radius 3 is 2.71 bits per heavy atom. The van der Waals surface area contributed by atoms with Crippen LogP contribution in [0.5, 0.6) is 11.5 Å². The zero-order chi connectivity index (χ0) is 18.9. The third-order valence-corrected chi connectivity index (χ3v) is 5.70. The predicted octanol–water partition coefficient (Wildman–Crippen LogP) is 2.77. The Bertz CT molecular complexity index is 892. The summed E-state index contributed by atoms with van der Waals surface area (Å²) in [5.41, 5.74) is 4.66. The molecule has 1 fully saturated rings. The van der Waals surface area contributed by atoms with Gasteiger partial charge < -0.3 is 24.0 Å². The molecular formula is C22H24N2O4. The second kappa shape index (κ2) is 7.36. The smallest absolute Gasteiger partial charge is 0.231 e. The van der Waals surface area contributed by atoms with Gasteiger partial charge in [-0.2, -0.15) is 0 Å². The fourth-order valence-corrected chi connectivity index (χ4v) is 4.15. The molecule has 1 saturated heterocycles. The first-order chi connectivity index (χ1) is 13.8. The van der Waals surface area contributed by atoms with E-state index in [2.05, 4.69) is 23.1 Å². The summed E-state index contributed by atoms with van der Waals surface area (Å²) in [6, 6.07) is 12.4. The number of nitrogens with zero attached hydrogens (tertiary/aromatic N) is 2. The van der Waals surface area contributed by atoms with Crippen molar-refractivity contribution in [1.29, 1.82) is 0 Å². The number of amides is 1. The SMILES string of the molecule is O=C(CCc1ccc2c(c1)OCO2)N1CCc2cc(N3CCOCC3)ccc21. The summed E-state index contributed by atoms with van der Waals surface area (Å²) in [5.74, 6) is 1.72. The van der Waals surface area contributed by atoms with Gasteiger partial charge in [0.1, 0.15) is 0 Å². The Morgan fingerprint density at radius 1 is 0.964 bits per heavy atom. The minimum Gasteiger partial charge on any atom is -0.454 e. The Balaban J connectivity index is 1.24. The molecule has 5 rings (SSSR count). The van der Waals surface area contributed by atoms with Gasteiger partial charge in [-0.1, -0.05) is 6.07 Å². The third-order valence-electron chi connectivity index (χ3n) is 5.70. The average molecular weight is 380 g/mol. The first kappa shape index (κ1) is 17.4. The largest absolute Gasteiger partial charge is 0.454 e. The first-order valence-electron chi connectivity index (χ1n) is 9.92. The standard InChI is InChI=1S/C22H24N2O4/c25-22(6-2-16-1-5-20-21(13-16)28-15-27-20)24-8-7-17-14-18(3-4-19(17)24)23-9-11-26-12-10-23/h1,3-5,13-14H,2,6-12,15H2. The third kappa shape index (κ3) is 3.29. The van der Waals surface area contributed by atoms with Gasteiger partial charge in [0.15, 0.2) is 11.5 Å². The molecule has 3 aliphatic heterocycles. The van der Waals surface area contributed by atoms with Crippen LogP contribution in [0.4, 0.5) is 11.4 Å². The quantitative estimate of drug-likeness (QED) is 0.816. The van der Waals surface area contributed by atoms with Gasteiger partial charge >= 0.3 is 0 Å². The van der Waals surface area contributed by atoms with E-state index in [1.54, 1.807) is 0 Å². The number of hydrogen-bond acceptors (Lipinski definition) is 5. The molecule has 0 N–H and O–H groups in total. The minimum absolute atomic E-state index is 0.176.